The van der Waals surface area contributed by atoms with Gasteiger partial charge in [-0.15, -0.1) is 0 Å². The van der Waals surface area contributed by atoms with Crippen LogP contribution in [-0.4, -0.2) is 24.5 Å². The molecule has 0 amide bonds. The zero-order valence-electron chi connectivity index (χ0n) is 18.2. The fourth-order valence-corrected chi connectivity index (χ4v) is 4.26. The number of hydrogen-bond donors (Lipinski definition) is 3. The third-order valence-corrected chi connectivity index (χ3v) is 6.04. The largest absolute Gasteiger partial charge is 0.382 e. The maximum absolute atomic E-state index is 13.8. The monoisotopic (exact) mass is 473 g/mol. The van der Waals surface area contributed by atoms with Gasteiger partial charge in [0.1, 0.15) is 23.3 Å². The Hall–Kier alpha value is -4.23. The predicted octanol–water partition coefficient (Wildman–Crippen LogP) is 3.13. The smallest absolute Gasteiger partial charge is 0.267 e. The zero-order valence-corrected chi connectivity index (χ0v) is 18.9. The van der Waals surface area contributed by atoms with Gasteiger partial charge < -0.3 is 16.8 Å². The molecule has 3 aromatic heterocycles. The number of nitrogens with two attached hydrogens (primary N) is 2. The van der Waals surface area contributed by atoms with Gasteiger partial charge in [-0.25, -0.2) is 4.98 Å². The van der Waals surface area contributed by atoms with Crippen LogP contribution in [0.25, 0.3) is 16.6 Å². The molecule has 0 spiro atoms. The average Bonchev–Trinajstić information content (AvgIpc) is 3.62. The second kappa shape index (κ2) is 8.28. The van der Waals surface area contributed by atoms with Crippen LogP contribution in [0.15, 0.2) is 41.5 Å². The van der Waals surface area contributed by atoms with Gasteiger partial charge in [0.15, 0.2) is 5.82 Å². The Labute approximate surface area is 199 Å². The minimum absolute atomic E-state index is 0.0226. The van der Waals surface area contributed by atoms with Crippen molar-refractivity contribution in [2.75, 3.05) is 16.8 Å². The molecular formula is C23H20ClN9O. The van der Waals surface area contributed by atoms with Crippen LogP contribution < -0.4 is 22.3 Å². The predicted molar refractivity (Wildman–Crippen MR) is 130 cm³/mol. The Morgan fingerprint density at radius 1 is 1.24 bits per heavy atom. The number of nitrogen functional groups attached to an aromatic ring is 2. The normalized spacial score (nSPS) is 14.0. The highest BCUT2D eigenvalue weighted by atomic mass is 35.5. The van der Waals surface area contributed by atoms with Gasteiger partial charge in [0, 0.05) is 6.20 Å². The van der Waals surface area contributed by atoms with Gasteiger partial charge in [-0.3, -0.25) is 14.3 Å². The van der Waals surface area contributed by atoms with E-state index in [-0.39, 0.29) is 34.6 Å². The molecule has 170 valence electrons. The van der Waals surface area contributed by atoms with Crippen molar-refractivity contribution in [1.82, 2.24) is 24.5 Å². The first-order valence-electron chi connectivity index (χ1n) is 10.6. The second-order valence-corrected chi connectivity index (χ2v) is 8.63. The van der Waals surface area contributed by atoms with Crippen molar-refractivity contribution < 1.29 is 0 Å². The lowest BCUT2D eigenvalue weighted by molar-refractivity contribution is 0.608. The molecule has 0 unspecified atom stereocenters. The maximum Gasteiger partial charge on any atom is 0.267 e. The van der Waals surface area contributed by atoms with Gasteiger partial charge in [0.25, 0.3) is 5.56 Å². The number of rotatable bonds is 5. The number of anilines is 3. The molecule has 11 heteroatoms. The number of nitrogens with one attached hydrogen (secondary N) is 1. The minimum Gasteiger partial charge on any atom is -0.382 e. The summed E-state index contributed by atoms with van der Waals surface area (Å²) in [5, 5.41) is 13.5. The molecule has 5 N–H and O–H groups in total. The summed E-state index contributed by atoms with van der Waals surface area (Å²) in [6, 6.07) is 8.57. The fourth-order valence-electron chi connectivity index (χ4n) is 4.01. The lowest BCUT2D eigenvalue weighted by Gasteiger charge is -2.24. The molecule has 0 bridgehead atoms. The van der Waals surface area contributed by atoms with E-state index < -0.39 is 6.04 Å². The van der Waals surface area contributed by atoms with E-state index in [0.29, 0.717) is 27.4 Å². The molecule has 10 nitrogen and oxygen atoms in total. The highest BCUT2D eigenvalue weighted by Crippen LogP contribution is 2.43. The zero-order chi connectivity index (χ0) is 24.0. The van der Waals surface area contributed by atoms with Gasteiger partial charge in [-0.05, 0) is 49.4 Å². The van der Waals surface area contributed by atoms with Crippen LogP contribution in [0.5, 0.6) is 0 Å². The molecule has 0 aliphatic heterocycles. The van der Waals surface area contributed by atoms with Crippen molar-refractivity contribution in [1.29, 1.82) is 5.26 Å². The van der Waals surface area contributed by atoms with E-state index in [4.69, 9.17) is 28.1 Å². The number of nitriles is 1. The van der Waals surface area contributed by atoms with Crippen LogP contribution in [0.2, 0.25) is 5.02 Å². The van der Waals surface area contributed by atoms with Crippen LogP contribution in [0.3, 0.4) is 0 Å². The van der Waals surface area contributed by atoms with Gasteiger partial charge in [0.2, 0.25) is 5.95 Å². The van der Waals surface area contributed by atoms with E-state index in [9.17, 15) is 10.1 Å². The van der Waals surface area contributed by atoms with E-state index in [1.54, 1.807) is 30.6 Å². The van der Waals surface area contributed by atoms with Crippen LogP contribution in [-0.2, 0) is 0 Å². The summed E-state index contributed by atoms with van der Waals surface area (Å²) in [5.74, 6) is 0.710. The third kappa shape index (κ3) is 3.76. The van der Waals surface area contributed by atoms with Gasteiger partial charge in [-0.1, -0.05) is 17.7 Å². The number of halogens is 1. The molecule has 4 aromatic rings. The Kier molecular flexibility index (Phi) is 5.26. The van der Waals surface area contributed by atoms with E-state index in [1.807, 2.05) is 19.1 Å². The summed E-state index contributed by atoms with van der Waals surface area (Å²) in [6.45, 7) is 1.89. The number of nitrogens with zero attached hydrogens (tertiary/aromatic N) is 6. The van der Waals surface area contributed by atoms with Crippen LogP contribution in [0, 0.1) is 24.2 Å². The number of benzene rings is 1. The lowest BCUT2D eigenvalue weighted by atomic mass is 10.1. The molecule has 34 heavy (non-hydrogen) atoms. The van der Waals surface area contributed by atoms with Crippen LogP contribution >= 0.6 is 11.6 Å². The van der Waals surface area contributed by atoms with E-state index in [2.05, 4.69) is 20.3 Å². The third-order valence-electron chi connectivity index (χ3n) is 5.72. The van der Waals surface area contributed by atoms with Crippen molar-refractivity contribution in [2.45, 2.75) is 25.8 Å². The maximum atomic E-state index is 13.8. The SMILES string of the molecule is Cc1cncc(-n2c([C@@H](Nc3nc(N)nc(N)c3C#N)C3CC3)nc3cccc(Cl)c3c2=O)c1. The molecule has 1 aliphatic rings. The summed E-state index contributed by atoms with van der Waals surface area (Å²) in [5.41, 5.74) is 13.4. The van der Waals surface area contributed by atoms with Gasteiger partial charge in [0.05, 0.1) is 33.9 Å². The average molecular weight is 474 g/mol. The van der Waals surface area contributed by atoms with Crippen LogP contribution in [0.4, 0.5) is 17.6 Å². The topological polar surface area (TPSA) is 161 Å². The Balaban J connectivity index is 1.77. The number of hydrogen-bond acceptors (Lipinski definition) is 9. The number of aromatic nitrogens is 5. The number of pyridine rings is 1. The Bertz CT molecular complexity index is 1540. The van der Waals surface area contributed by atoms with Crippen molar-refractivity contribution in [3.8, 4) is 11.8 Å². The molecular weight excluding hydrogens is 454 g/mol. The van der Waals surface area contributed by atoms with Gasteiger partial charge in [-0.2, -0.15) is 15.2 Å². The van der Waals surface area contributed by atoms with E-state index in [0.717, 1.165) is 18.4 Å². The van der Waals surface area contributed by atoms with Crippen molar-refractivity contribution in [3.63, 3.8) is 0 Å². The molecule has 5 rings (SSSR count). The highest BCUT2D eigenvalue weighted by molar-refractivity contribution is 6.35. The molecule has 0 radical (unpaired) electrons. The van der Waals surface area contributed by atoms with Gasteiger partial charge >= 0.3 is 0 Å². The number of aryl methyl sites for hydroxylation is 1. The first kappa shape index (κ1) is 21.6. The summed E-state index contributed by atoms with van der Waals surface area (Å²) >= 11 is 6.40. The first-order chi connectivity index (χ1) is 16.4. The summed E-state index contributed by atoms with van der Waals surface area (Å²) in [6.07, 6.45) is 5.13. The van der Waals surface area contributed by atoms with E-state index >= 15 is 0 Å². The van der Waals surface area contributed by atoms with Crippen molar-refractivity contribution >= 4 is 40.1 Å². The quantitative estimate of drug-likeness (QED) is 0.395. The molecule has 1 aromatic carbocycles. The minimum atomic E-state index is -0.461. The standard InChI is InChI=1S/C23H20ClN9O/c1-11-7-13(10-28-9-11)33-21(29-16-4-2-3-15(24)17(16)22(33)34)18(12-5-6-12)30-20-14(8-25)19(26)31-23(27)32-20/h2-4,7,9-10,12,18H,5-6H2,1H3,(H5,26,27,30,31,32)/t18-/m0/s1. The summed E-state index contributed by atoms with van der Waals surface area (Å²) in [4.78, 5) is 31.0. The number of fused-ring (bicyclic) bond motifs is 1. The Morgan fingerprint density at radius 2 is 2.03 bits per heavy atom. The fraction of sp³-hybridized carbons (Fsp3) is 0.217. The van der Waals surface area contributed by atoms with Crippen LogP contribution in [0.1, 0.15) is 35.8 Å². The molecule has 1 fully saturated rings. The van der Waals surface area contributed by atoms with Crippen molar-refractivity contribution in [3.05, 3.63) is 69.0 Å². The lowest BCUT2D eigenvalue weighted by Crippen LogP contribution is -2.30. The summed E-state index contributed by atoms with van der Waals surface area (Å²) < 4.78 is 1.52. The molecule has 3 heterocycles. The van der Waals surface area contributed by atoms with E-state index in [1.165, 1.54) is 4.57 Å². The molecule has 1 saturated carbocycles. The van der Waals surface area contributed by atoms with Crippen molar-refractivity contribution in [2.24, 2.45) is 5.92 Å². The second-order valence-electron chi connectivity index (χ2n) is 8.23. The summed E-state index contributed by atoms with van der Waals surface area (Å²) in [7, 11) is 0. The first-order valence-corrected chi connectivity index (χ1v) is 11.0. The molecule has 1 aliphatic carbocycles. The molecule has 1 atom stereocenters. The highest BCUT2D eigenvalue weighted by Gasteiger charge is 2.37. The molecule has 0 saturated heterocycles. The Morgan fingerprint density at radius 3 is 2.74 bits per heavy atom.